The second-order valence-corrected chi connectivity index (χ2v) is 5.10. The van der Waals surface area contributed by atoms with Crippen LogP contribution in [-0.2, 0) is 6.54 Å². The van der Waals surface area contributed by atoms with Crippen LogP contribution in [0.25, 0.3) is 0 Å². The lowest BCUT2D eigenvalue weighted by Gasteiger charge is -2.04. The maximum absolute atomic E-state index is 13.4. The second-order valence-electron chi connectivity index (χ2n) is 3.93. The number of thiophene rings is 1. The van der Waals surface area contributed by atoms with Gasteiger partial charge in [0.05, 0.1) is 23.5 Å². The van der Waals surface area contributed by atoms with Gasteiger partial charge in [-0.05, 0) is 24.3 Å². The predicted octanol–water partition coefficient (Wildman–Crippen LogP) is 2.13. The largest absolute Gasteiger partial charge is 0.347 e. The van der Waals surface area contributed by atoms with E-state index in [0.717, 1.165) is 9.75 Å². The van der Waals surface area contributed by atoms with E-state index in [4.69, 9.17) is 5.73 Å². The molecule has 1 heterocycles. The average molecular weight is 288 g/mol. The van der Waals surface area contributed by atoms with Crippen LogP contribution in [0.5, 0.6) is 0 Å². The number of amides is 1. The van der Waals surface area contributed by atoms with Crippen LogP contribution in [0.3, 0.4) is 0 Å². The summed E-state index contributed by atoms with van der Waals surface area (Å²) >= 11 is 1.48. The summed E-state index contributed by atoms with van der Waals surface area (Å²) in [4.78, 5) is 13.7. The summed E-state index contributed by atoms with van der Waals surface area (Å²) in [5, 5.41) is 2.68. The summed E-state index contributed by atoms with van der Waals surface area (Å²) in [7, 11) is 0. The van der Waals surface area contributed by atoms with Crippen LogP contribution in [0, 0.1) is 17.7 Å². The highest BCUT2D eigenvalue weighted by molar-refractivity contribution is 7.12. The third kappa shape index (κ3) is 3.67. The molecule has 20 heavy (non-hydrogen) atoms. The molecule has 0 saturated carbocycles. The quantitative estimate of drug-likeness (QED) is 0.850. The molecule has 1 aromatic carbocycles. The van der Waals surface area contributed by atoms with Crippen molar-refractivity contribution in [1.82, 2.24) is 5.32 Å². The highest BCUT2D eigenvalue weighted by Gasteiger charge is 2.10. The molecule has 0 aliphatic rings. The number of halogens is 1. The van der Waals surface area contributed by atoms with Crippen molar-refractivity contribution in [2.45, 2.75) is 6.54 Å². The van der Waals surface area contributed by atoms with E-state index in [2.05, 4.69) is 17.2 Å². The molecule has 5 heteroatoms. The summed E-state index contributed by atoms with van der Waals surface area (Å²) in [5.41, 5.74) is 5.35. The molecular formula is C15H13FN2OS. The fourth-order valence-electron chi connectivity index (χ4n) is 1.59. The monoisotopic (exact) mass is 288 g/mol. The molecule has 0 atom stereocenters. The Hall–Kier alpha value is -2.16. The smallest absolute Gasteiger partial charge is 0.254 e. The lowest BCUT2D eigenvalue weighted by atomic mass is 10.2. The normalized spacial score (nSPS) is 9.70. The van der Waals surface area contributed by atoms with E-state index in [1.54, 1.807) is 12.1 Å². The van der Waals surface area contributed by atoms with E-state index in [0.29, 0.717) is 13.1 Å². The van der Waals surface area contributed by atoms with E-state index >= 15 is 0 Å². The Morgan fingerprint density at radius 2 is 2.10 bits per heavy atom. The fraction of sp³-hybridized carbons (Fsp3) is 0.133. The maximum Gasteiger partial charge on any atom is 0.254 e. The lowest BCUT2D eigenvalue weighted by molar-refractivity contribution is 0.0947. The molecule has 3 nitrogen and oxygen atoms in total. The minimum absolute atomic E-state index is 0.0483. The third-order valence-electron chi connectivity index (χ3n) is 2.52. The number of hydrogen-bond donors (Lipinski definition) is 2. The van der Waals surface area contributed by atoms with E-state index in [1.165, 1.54) is 23.5 Å². The number of carbonyl (C=O) groups is 1. The van der Waals surface area contributed by atoms with Gasteiger partial charge in [0.1, 0.15) is 5.82 Å². The predicted molar refractivity (Wildman–Crippen MR) is 77.8 cm³/mol. The first kappa shape index (κ1) is 14.3. The Bertz CT molecular complexity index is 670. The molecule has 102 valence electrons. The van der Waals surface area contributed by atoms with Crippen LogP contribution in [0.2, 0.25) is 0 Å². The van der Waals surface area contributed by atoms with Crippen LogP contribution < -0.4 is 11.1 Å². The molecular weight excluding hydrogens is 275 g/mol. The maximum atomic E-state index is 13.4. The van der Waals surface area contributed by atoms with Crippen LogP contribution in [0.15, 0.2) is 36.4 Å². The molecule has 0 radical (unpaired) electrons. The van der Waals surface area contributed by atoms with Gasteiger partial charge in [-0.25, -0.2) is 4.39 Å². The van der Waals surface area contributed by atoms with E-state index in [9.17, 15) is 9.18 Å². The van der Waals surface area contributed by atoms with Gasteiger partial charge in [0.25, 0.3) is 5.91 Å². The van der Waals surface area contributed by atoms with Gasteiger partial charge in [-0.15, -0.1) is 11.3 Å². The van der Waals surface area contributed by atoms with Gasteiger partial charge in [-0.1, -0.05) is 24.0 Å². The van der Waals surface area contributed by atoms with Crippen molar-refractivity contribution in [3.05, 3.63) is 57.5 Å². The lowest BCUT2D eigenvalue weighted by Crippen LogP contribution is -2.23. The number of rotatable bonds is 3. The first-order chi connectivity index (χ1) is 9.70. The standard InChI is InChI=1S/C15H13FN2OS/c16-14-6-2-1-5-13(14)15(19)18-10-12-8-7-11(20-12)4-3-9-17/h1-2,5-8H,9-10,17H2,(H,18,19). The van der Waals surface area contributed by atoms with Crippen LogP contribution in [-0.4, -0.2) is 12.5 Å². The van der Waals surface area contributed by atoms with Crippen molar-refractivity contribution < 1.29 is 9.18 Å². The number of hydrogen-bond acceptors (Lipinski definition) is 3. The van der Waals surface area contributed by atoms with Gasteiger partial charge in [0, 0.05) is 4.88 Å². The summed E-state index contributed by atoms with van der Waals surface area (Å²) in [5.74, 6) is 4.74. The average Bonchev–Trinajstić information content (AvgIpc) is 2.91. The first-order valence-electron chi connectivity index (χ1n) is 6.01. The van der Waals surface area contributed by atoms with E-state index < -0.39 is 11.7 Å². The zero-order chi connectivity index (χ0) is 14.4. The fourth-order valence-corrected chi connectivity index (χ4v) is 2.41. The van der Waals surface area contributed by atoms with Gasteiger partial charge in [0.2, 0.25) is 0 Å². The topological polar surface area (TPSA) is 55.1 Å². The van der Waals surface area contributed by atoms with Crippen LogP contribution >= 0.6 is 11.3 Å². The third-order valence-corrected chi connectivity index (χ3v) is 3.52. The van der Waals surface area contributed by atoms with Crippen LogP contribution in [0.4, 0.5) is 4.39 Å². The van der Waals surface area contributed by atoms with E-state index in [-0.39, 0.29) is 5.56 Å². The van der Waals surface area contributed by atoms with Crippen molar-refractivity contribution in [2.24, 2.45) is 5.73 Å². The zero-order valence-electron chi connectivity index (χ0n) is 10.7. The molecule has 1 aromatic heterocycles. The minimum Gasteiger partial charge on any atom is -0.347 e. The van der Waals surface area contributed by atoms with Gasteiger partial charge >= 0.3 is 0 Å². The summed E-state index contributed by atoms with van der Waals surface area (Å²) in [6.45, 7) is 0.666. The van der Waals surface area contributed by atoms with Crippen molar-refractivity contribution in [1.29, 1.82) is 0 Å². The van der Waals surface area contributed by atoms with Crippen molar-refractivity contribution in [3.8, 4) is 11.8 Å². The SMILES string of the molecule is NCC#Cc1ccc(CNC(=O)c2ccccc2F)s1. The second kappa shape index (κ2) is 6.85. The number of carbonyl (C=O) groups excluding carboxylic acids is 1. The van der Waals surface area contributed by atoms with Gasteiger partial charge in [0.15, 0.2) is 0 Å². The van der Waals surface area contributed by atoms with Crippen molar-refractivity contribution in [2.75, 3.05) is 6.54 Å². The number of benzene rings is 1. The molecule has 0 bridgehead atoms. The molecule has 1 amide bonds. The molecule has 2 rings (SSSR count). The Balaban J connectivity index is 1.97. The summed E-state index contributed by atoms with van der Waals surface area (Å²) in [6.07, 6.45) is 0. The molecule has 0 aliphatic carbocycles. The zero-order valence-corrected chi connectivity index (χ0v) is 11.5. The number of nitrogens with two attached hydrogens (primary N) is 1. The molecule has 2 aromatic rings. The van der Waals surface area contributed by atoms with Gasteiger partial charge < -0.3 is 11.1 Å². The molecule has 0 fully saturated rings. The van der Waals surface area contributed by atoms with Gasteiger partial charge in [-0.2, -0.15) is 0 Å². The van der Waals surface area contributed by atoms with Crippen molar-refractivity contribution in [3.63, 3.8) is 0 Å². The highest BCUT2D eigenvalue weighted by atomic mass is 32.1. The van der Waals surface area contributed by atoms with E-state index in [1.807, 2.05) is 12.1 Å². The van der Waals surface area contributed by atoms with Crippen LogP contribution in [0.1, 0.15) is 20.1 Å². The molecule has 0 saturated heterocycles. The Morgan fingerprint density at radius 3 is 2.85 bits per heavy atom. The number of nitrogens with one attached hydrogen (secondary N) is 1. The first-order valence-corrected chi connectivity index (χ1v) is 6.82. The molecule has 3 N–H and O–H groups in total. The van der Waals surface area contributed by atoms with Crippen molar-refractivity contribution >= 4 is 17.2 Å². The minimum atomic E-state index is -0.523. The molecule has 0 spiro atoms. The Labute approximate surface area is 120 Å². The van der Waals surface area contributed by atoms with Gasteiger partial charge in [-0.3, -0.25) is 4.79 Å². The molecule has 0 aliphatic heterocycles. The Kier molecular flexibility index (Phi) is 4.88. The summed E-state index contributed by atoms with van der Waals surface area (Å²) < 4.78 is 13.4. The summed E-state index contributed by atoms with van der Waals surface area (Å²) in [6, 6.07) is 9.65. The molecule has 0 unspecified atom stereocenters. The Morgan fingerprint density at radius 1 is 1.30 bits per heavy atom. The highest BCUT2D eigenvalue weighted by Crippen LogP contribution is 2.15.